The number of hydrogen-bond donors (Lipinski definition) is 0. The van der Waals surface area contributed by atoms with Crippen LogP contribution in [0.3, 0.4) is 0 Å². The lowest BCUT2D eigenvalue weighted by molar-refractivity contribution is 0.474. The number of benzene rings is 8. The van der Waals surface area contributed by atoms with E-state index in [1.54, 1.807) is 0 Å². The van der Waals surface area contributed by atoms with Crippen LogP contribution in [0.1, 0.15) is 48.6 Å². The Morgan fingerprint density at radius 2 is 1.12 bits per heavy atom. The predicted octanol–water partition coefficient (Wildman–Crippen LogP) is 14.4. The molecule has 0 saturated heterocycles. The van der Waals surface area contributed by atoms with Gasteiger partial charge < -0.3 is 23.7 Å². The zero-order valence-electron chi connectivity index (χ0n) is 41.7. The lowest BCUT2D eigenvalue weighted by Gasteiger charge is -2.39. The van der Waals surface area contributed by atoms with E-state index in [0.717, 1.165) is 78.8 Å². The summed E-state index contributed by atoms with van der Waals surface area (Å²) < 4.78 is 24.5. The van der Waals surface area contributed by atoms with Crippen LogP contribution in [0.5, 0.6) is 23.0 Å². The van der Waals surface area contributed by atoms with Gasteiger partial charge in [0.15, 0.2) is 5.75 Å². The Morgan fingerprint density at radius 1 is 0.521 bits per heavy atom. The lowest BCUT2D eigenvalue weighted by atomic mass is 9.34. The van der Waals surface area contributed by atoms with Crippen LogP contribution >= 0.6 is 22.7 Å². The van der Waals surface area contributed by atoms with E-state index in [9.17, 15) is 0 Å². The van der Waals surface area contributed by atoms with Gasteiger partial charge in [0.2, 0.25) is 0 Å². The summed E-state index contributed by atoms with van der Waals surface area (Å²) in [7, 11) is 0. The summed E-state index contributed by atoms with van der Waals surface area (Å²) in [4.78, 5) is 6.19. The molecule has 0 spiro atoms. The van der Waals surface area contributed by atoms with Gasteiger partial charge in [-0.1, -0.05) is 140 Å². The molecule has 350 valence electrons. The monoisotopic (exact) mass is 978 g/mol. The Hall–Kier alpha value is -7.71. The standard InChI is InChI=1S/C64H48B2N2O3S2/c1-35-28-36(2)31-39(30-35)52-56-63(73-60(52)40-32-37(3)29-38(4)33-40)68(43-18-12-9-13-19-43)47-21-15-22-49-54(47)65(56)45-25-26-48-53(58(45)69-49)59-61(71-48)66-55-46(20-14-23-50(55)70-59)67(42-16-10-8-11-17-42)57-44-34-41(64(5,6)7)24-27-51(44)72-62(57)66/h8-34H,1-7H3. The summed E-state index contributed by atoms with van der Waals surface area (Å²) in [5, 5.41) is 3.33. The molecule has 4 aliphatic rings. The number of fused-ring (bicyclic) bond motifs is 13. The van der Waals surface area contributed by atoms with Crippen molar-refractivity contribution in [2.75, 3.05) is 9.80 Å². The highest BCUT2D eigenvalue weighted by Crippen LogP contribution is 2.53. The van der Waals surface area contributed by atoms with E-state index >= 15 is 0 Å². The van der Waals surface area contributed by atoms with Gasteiger partial charge in [-0.05, 0) is 138 Å². The Kier molecular flexibility index (Phi) is 9.06. The highest BCUT2D eigenvalue weighted by Gasteiger charge is 2.50. The van der Waals surface area contributed by atoms with Crippen LogP contribution in [0, 0.1) is 27.7 Å². The average Bonchev–Trinajstić information content (AvgIpc) is 4.08. The number of thiophene rings is 2. The van der Waals surface area contributed by atoms with E-state index in [1.165, 1.54) is 80.4 Å². The van der Waals surface area contributed by atoms with Crippen molar-refractivity contribution in [2.24, 2.45) is 0 Å². The maximum absolute atomic E-state index is 7.43. The Balaban J connectivity index is 1.00. The van der Waals surface area contributed by atoms with Gasteiger partial charge in [0.05, 0.1) is 10.7 Å². The van der Waals surface area contributed by atoms with E-state index in [0.29, 0.717) is 0 Å². The molecule has 15 rings (SSSR count). The molecule has 7 heterocycles. The number of hydrogen-bond acceptors (Lipinski definition) is 7. The van der Waals surface area contributed by atoms with Crippen LogP contribution in [0.4, 0.5) is 33.4 Å². The quantitative estimate of drug-likeness (QED) is 0.164. The van der Waals surface area contributed by atoms with Crippen molar-refractivity contribution in [2.45, 2.75) is 53.9 Å². The van der Waals surface area contributed by atoms with Gasteiger partial charge in [0.1, 0.15) is 33.9 Å². The van der Waals surface area contributed by atoms with Crippen molar-refractivity contribution in [3.8, 4) is 44.6 Å². The number of aryl methyl sites for hydroxylation is 4. The predicted molar refractivity (Wildman–Crippen MR) is 310 cm³/mol. The molecule has 11 aromatic rings. The number of anilines is 6. The molecule has 0 atom stereocenters. The van der Waals surface area contributed by atoms with Gasteiger partial charge in [0, 0.05) is 48.0 Å². The maximum Gasteiger partial charge on any atom is 0.313 e. The number of rotatable bonds is 4. The molecule has 8 aromatic carbocycles. The fourth-order valence-corrected chi connectivity index (χ4v) is 15.2. The molecule has 3 aromatic heterocycles. The minimum atomic E-state index is -0.208. The molecule has 4 aliphatic heterocycles. The number of nitrogens with zero attached hydrogens (tertiary/aromatic N) is 2. The first-order valence-electron chi connectivity index (χ1n) is 25.3. The third-order valence-electron chi connectivity index (χ3n) is 15.4. The molecule has 0 amide bonds. The molecule has 73 heavy (non-hydrogen) atoms. The zero-order chi connectivity index (χ0) is 49.2. The van der Waals surface area contributed by atoms with Gasteiger partial charge in [-0.2, -0.15) is 0 Å². The largest absolute Gasteiger partial charge is 0.466 e. The van der Waals surface area contributed by atoms with Crippen LogP contribution in [0.15, 0.2) is 168 Å². The van der Waals surface area contributed by atoms with Crippen LogP contribution in [-0.4, -0.2) is 13.4 Å². The van der Waals surface area contributed by atoms with Crippen molar-refractivity contribution in [1.82, 2.24) is 0 Å². The minimum absolute atomic E-state index is 0.0215. The summed E-state index contributed by atoms with van der Waals surface area (Å²) in [5.41, 5.74) is 21.8. The number of para-hydroxylation sites is 2. The van der Waals surface area contributed by atoms with Crippen molar-refractivity contribution >= 4 is 123 Å². The van der Waals surface area contributed by atoms with Crippen molar-refractivity contribution in [3.05, 3.63) is 192 Å². The molecular weight excluding hydrogens is 930 g/mol. The van der Waals surface area contributed by atoms with Crippen LogP contribution < -0.4 is 51.6 Å². The molecule has 0 bridgehead atoms. The van der Waals surface area contributed by atoms with Crippen LogP contribution in [-0.2, 0) is 5.41 Å². The number of ether oxygens (including phenoxy) is 2. The van der Waals surface area contributed by atoms with E-state index in [2.05, 4.69) is 222 Å². The zero-order valence-corrected chi connectivity index (χ0v) is 43.3. The summed E-state index contributed by atoms with van der Waals surface area (Å²) in [5.74, 6) is 3.19. The van der Waals surface area contributed by atoms with Gasteiger partial charge in [0.25, 0.3) is 6.71 Å². The highest BCUT2D eigenvalue weighted by atomic mass is 32.1. The molecule has 5 nitrogen and oxygen atoms in total. The normalized spacial score (nSPS) is 13.8. The SMILES string of the molecule is Cc1cc(C)cc(-c2sc3c(c2-c2cc(C)cc(C)c2)B2c4ccc5oc6c(c5c4Oc4cccc(c42)N3c2ccccc2)Oc2cccc3c2B6c2sc4ccc(C(C)(C)C)cc4c2N3c2ccccc2)c1. The summed E-state index contributed by atoms with van der Waals surface area (Å²) in [6.45, 7) is 15.4. The molecule has 0 fully saturated rings. The van der Waals surface area contributed by atoms with Gasteiger partial charge in [-0.3, -0.25) is 0 Å². The lowest BCUT2D eigenvalue weighted by Crippen LogP contribution is -2.59. The molecule has 0 unspecified atom stereocenters. The van der Waals surface area contributed by atoms with E-state index in [-0.39, 0.29) is 18.8 Å². The first-order chi connectivity index (χ1) is 35.5. The van der Waals surface area contributed by atoms with Gasteiger partial charge >= 0.3 is 6.71 Å². The highest BCUT2D eigenvalue weighted by molar-refractivity contribution is 7.33. The molecule has 0 N–H and O–H groups in total. The summed E-state index contributed by atoms with van der Waals surface area (Å²) in [6, 6.07) is 60.2. The fraction of sp³-hybridized carbons (Fsp3) is 0.125. The van der Waals surface area contributed by atoms with Crippen LogP contribution in [0.25, 0.3) is 42.6 Å². The molecule has 0 aliphatic carbocycles. The van der Waals surface area contributed by atoms with Crippen LogP contribution in [0.2, 0.25) is 0 Å². The Morgan fingerprint density at radius 3 is 1.78 bits per heavy atom. The Bertz CT molecular complexity index is 4130. The number of furan rings is 1. The first kappa shape index (κ1) is 42.9. The van der Waals surface area contributed by atoms with E-state index in [4.69, 9.17) is 13.9 Å². The third-order valence-corrected chi connectivity index (χ3v) is 17.9. The summed E-state index contributed by atoms with van der Waals surface area (Å²) in [6.07, 6.45) is 0. The van der Waals surface area contributed by atoms with Crippen molar-refractivity contribution in [3.63, 3.8) is 0 Å². The van der Waals surface area contributed by atoms with E-state index < -0.39 is 0 Å². The average molecular weight is 979 g/mol. The van der Waals surface area contributed by atoms with Gasteiger partial charge in [-0.25, -0.2) is 0 Å². The smallest absolute Gasteiger partial charge is 0.313 e. The van der Waals surface area contributed by atoms with Crippen molar-refractivity contribution < 1.29 is 13.9 Å². The van der Waals surface area contributed by atoms with Gasteiger partial charge in [-0.15, -0.1) is 22.7 Å². The van der Waals surface area contributed by atoms with E-state index in [1.807, 2.05) is 22.7 Å². The minimum Gasteiger partial charge on any atom is -0.466 e. The third kappa shape index (κ3) is 6.22. The topological polar surface area (TPSA) is 38.1 Å². The second-order valence-electron chi connectivity index (χ2n) is 21.5. The summed E-state index contributed by atoms with van der Waals surface area (Å²) >= 11 is 3.76. The molecular formula is C64H48B2N2O3S2. The molecule has 0 saturated carbocycles. The molecule has 0 radical (unpaired) electrons. The second kappa shape index (κ2) is 15.4. The fourth-order valence-electron chi connectivity index (χ4n) is 12.6. The second-order valence-corrected chi connectivity index (χ2v) is 23.6. The maximum atomic E-state index is 7.43. The first-order valence-corrected chi connectivity index (χ1v) is 26.9. The molecule has 9 heteroatoms. The van der Waals surface area contributed by atoms with Crippen molar-refractivity contribution in [1.29, 1.82) is 0 Å². The Labute approximate surface area is 434 Å².